The maximum absolute atomic E-state index is 13.8. The molecule has 8 heteroatoms. The molecule has 1 aromatic heterocycles. The number of fused-ring (bicyclic) bond motifs is 1. The Bertz CT molecular complexity index is 1490. The Morgan fingerprint density at radius 1 is 0.971 bits per heavy atom. The molecule has 1 atom stereocenters. The Hall–Kier alpha value is -4.23. The zero-order valence-electron chi connectivity index (χ0n) is 18.8. The van der Waals surface area contributed by atoms with Gasteiger partial charge in [0.15, 0.2) is 22.9 Å². The van der Waals surface area contributed by atoms with Crippen molar-refractivity contribution in [1.82, 2.24) is 0 Å². The quantitative estimate of drug-likeness (QED) is 0.340. The number of amides is 1. The van der Waals surface area contributed by atoms with Gasteiger partial charge in [0.05, 0.1) is 25.8 Å². The van der Waals surface area contributed by atoms with Crippen LogP contribution in [0.15, 0.2) is 88.5 Å². The molecule has 0 radical (unpaired) electrons. The molecule has 1 aliphatic heterocycles. The number of furan rings is 1. The largest absolute Gasteiger partial charge is 0.503 e. The lowest BCUT2D eigenvalue weighted by Crippen LogP contribution is -2.31. The second-order valence-corrected chi connectivity index (χ2v) is 8.32. The van der Waals surface area contributed by atoms with Gasteiger partial charge in [-0.25, -0.2) is 0 Å². The molecular weight excluding hydrogens is 470 g/mol. The van der Waals surface area contributed by atoms with E-state index in [2.05, 4.69) is 0 Å². The van der Waals surface area contributed by atoms with Gasteiger partial charge in [-0.05, 0) is 30.3 Å². The highest BCUT2D eigenvalue weighted by Crippen LogP contribution is 2.45. The van der Waals surface area contributed by atoms with Crippen LogP contribution < -0.4 is 14.4 Å². The van der Waals surface area contributed by atoms with Gasteiger partial charge in [-0.1, -0.05) is 48.0 Å². The molecule has 0 saturated heterocycles. The summed E-state index contributed by atoms with van der Waals surface area (Å²) in [5, 5.41) is 11.9. The zero-order valence-corrected chi connectivity index (χ0v) is 19.6. The number of ketones is 1. The van der Waals surface area contributed by atoms with E-state index in [4.69, 9.17) is 25.5 Å². The van der Waals surface area contributed by atoms with Gasteiger partial charge < -0.3 is 19.0 Å². The molecule has 35 heavy (non-hydrogen) atoms. The summed E-state index contributed by atoms with van der Waals surface area (Å²) >= 11 is 6.16. The van der Waals surface area contributed by atoms with E-state index in [1.807, 2.05) is 6.07 Å². The molecule has 0 aliphatic carbocycles. The van der Waals surface area contributed by atoms with E-state index in [0.717, 1.165) is 0 Å². The first kappa shape index (κ1) is 22.6. The third kappa shape index (κ3) is 3.70. The van der Waals surface area contributed by atoms with Gasteiger partial charge >= 0.3 is 0 Å². The maximum Gasteiger partial charge on any atom is 0.294 e. The minimum absolute atomic E-state index is 0.0651. The fourth-order valence-electron chi connectivity index (χ4n) is 4.36. The number of anilines is 1. The van der Waals surface area contributed by atoms with Crippen molar-refractivity contribution in [1.29, 1.82) is 0 Å². The number of aliphatic hydroxyl groups is 1. The smallest absolute Gasteiger partial charge is 0.294 e. The number of rotatable bonds is 6. The van der Waals surface area contributed by atoms with Crippen molar-refractivity contribution in [3.8, 4) is 11.5 Å². The molecule has 0 spiro atoms. The topological polar surface area (TPSA) is 89.2 Å². The van der Waals surface area contributed by atoms with Gasteiger partial charge in [-0.3, -0.25) is 14.5 Å². The van der Waals surface area contributed by atoms with Gasteiger partial charge in [-0.15, -0.1) is 0 Å². The highest BCUT2D eigenvalue weighted by molar-refractivity contribution is 6.31. The minimum Gasteiger partial charge on any atom is -0.503 e. The number of halogens is 1. The van der Waals surface area contributed by atoms with E-state index in [1.54, 1.807) is 60.7 Å². The highest BCUT2D eigenvalue weighted by atomic mass is 35.5. The van der Waals surface area contributed by atoms with Crippen LogP contribution in [0.3, 0.4) is 0 Å². The lowest BCUT2D eigenvalue weighted by atomic mass is 9.94. The summed E-state index contributed by atoms with van der Waals surface area (Å²) in [6.07, 6.45) is 0. The number of aliphatic hydroxyl groups excluding tert-OH is 1. The first-order valence-electron chi connectivity index (χ1n) is 10.7. The summed E-state index contributed by atoms with van der Waals surface area (Å²) in [5.74, 6) is -1.24. The number of ether oxygens (including phenoxy) is 2. The summed E-state index contributed by atoms with van der Waals surface area (Å²) in [4.78, 5) is 28.5. The molecule has 0 bridgehead atoms. The van der Waals surface area contributed by atoms with Gasteiger partial charge in [-0.2, -0.15) is 0 Å². The van der Waals surface area contributed by atoms with E-state index in [0.29, 0.717) is 38.7 Å². The highest BCUT2D eigenvalue weighted by Gasteiger charge is 2.46. The van der Waals surface area contributed by atoms with Crippen molar-refractivity contribution in [2.45, 2.75) is 6.04 Å². The molecule has 1 unspecified atom stereocenters. The number of carbonyl (C=O) groups is 2. The van der Waals surface area contributed by atoms with Crippen molar-refractivity contribution in [2.75, 3.05) is 19.1 Å². The molecule has 0 fully saturated rings. The summed E-state index contributed by atoms with van der Waals surface area (Å²) in [7, 11) is 2.97. The van der Waals surface area contributed by atoms with E-state index in [-0.39, 0.29) is 11.3 Å². The molecule has 1 amide bonds. The Morgan fingerprint density at radius 2 is 1.66 bits per heavy atom. The molecule has 176 valence electrons. The molecule has 7 nitrogen and oxygen atoms in total. The number of nitrogens with zero attached hydrogens (tertiary/aromatic N) is 1. The van der Waals surface area contributed by atoms with Gasteiger partial charge in [0, 0.05) is 27.7 Å². The van der Waals surface area contributed by atoms with Crippen molar-refractivity contribution in [3.05, 3.63) is 100 Å². The summed E-state index contributed by atoms with van der Waals surface area (Å²) in [6, 6.07) is 19.6. The molecule has 0 saturated carbocycles. The van der Waals surface area contributed by atoms with Crippen LogP contribution in [-0.2, 0) is 4.79 Å². The fraction of sp³-hybridized carbons (Fsp3) is 0.111. The number of para-hydroxylation sites is 2. The van der Waals surface area contributed by atoms with Crippen LogP contribution in [0.5, 0.6) is 11.5 Å². The maximum atomic E-state index is 13.8. The normalized spacial score (nSPS) is 15.7. The Balaban J connectivity index is 1.69. The van der Waals surface area contributed by atoms with Crippen LogP contribution in [0.25, 0.3) is 11.0 Å². The molecule has 1 N–H and O–H groups in total. The van der Waals surface area contributed by atoms with Crippen LogP contribution in [0.2, 0.25) is 5.02 Å². The minimum atomic E-state index is -0.952. The van der Waals surface area contributed by atoms with Crippen molar-refractivity contribution in [2.24, 2.45) is 0 Å². The van der Waals surface area contributed by atoms with Gasteiger partial charge in [0.2, 0.25) is 5.78 Å². The molecule has 3 aromatic carbocycles. The van der Waals surface area contributed by atoms with Crippen LogP contribution >= 0.6 is 11.6 Å². The Labute approximate surface area is 205 Å². The first-order chi connectivity index (χ1) is 16.9. The average Bonchev–Trinajstić information content (AvgIpc) is 3.42. The third-order valence-electron chi connectivity index (χ3n) is 5.91. The molecule has 4 aromatic rings. The van der Waals surface area contributed by atoms with Crippen LogP contribution in [0.4, 0.5) is 5.69 Å². The summed E-state index contributed by atoms with van der Waals surface area (Å²) in [6.45, 7) is 0. The second kappa shape index (κ2) is 8.85. The van der Waals surface area contributed by atoms with E-state index in [9.17, 15) is 14.7 Å². The number of benzene rings is 3. The van der Waals surface area contributed by atoms with Gasteiger partial charge in [0.1, 0.15) is 5.75 Å². The number of carbonyl (C=O) groups excluding carboxylic acids is 2. The lowest BCUT2D eigenvalue weighted by molar-refractivity contribution is -0.117. The summed E-state index contributed by atoms with van der Waals surface area (Å²) < 4.78 is 16.7. The van der Waals surface area contributed by atoms with E-state index >= 15 is 0 Å². The predicted molar refractivity (Wildman–Crippen MR) is 131 cm³/mol. The van der Waals surface area contributed by atoms with Crippen molar-refractivity contribution >= 4 is 39.9 Å². The fourth-order valence-corrected chi connectivity index (χ4v) is 4.58. The predicted octanol–water partition coefficient (Wildman–Crippen LogP) is 5.89. The summed E-state index contributed by atoms with van der Waals surface area (Å²) in [5.41, 5.74) is 1.27. The molecule has 5 rings (SSSR count). The Kier molecular flexibility index (Phi) is 5.70. The first-order valence-corrected chi connectivity index (χ1v) is 11.1. The molecule has 2 heterocycles. The number of hydrogen-bond acceptors (Lipinski definition) is 6. The van der Waals surface area contributed by atoms with E-state index in [1.165, 1.54) is 25.2 Å². The number of hydrogen-bond donors (Lipinski definition) is 1. The molecule has 1 aliphatic rings. The van der Waals surface area contributed by atoms with Crippen molar-refractivity contribution in [3.63, 3.8) is 0 Å². The van der Waals surface area contributed by atoms with Crippen LogP contribution in [0.1, 0.15) is 22.2 Å². The van der Waals surface area contributed by atoms with Crippen LogP contribution in [-0.4, -0.2) is 31.0 Å². The van der Waals surface area contributed by atoms with Gasteiger partial charge in [0.25, 0.3) is 5.91 Å². The number of Topliss-reactive ketones (excluding diaryl/α,β-unsaturated/α-hetero) is 1. The lowest BCUT2D eigenvalue weighted by Gasteiger charge is -2.27. The second-order valence-electron chi connectivity index (χ2n) is 7.88. The van der Waals surface area contributed by atoms with E-state index < -0.39 is 23.5 Å². The Morgan fingerprint density at radius 3 is 2.37 bits per heavy atom. The monoisotopic (exact) mass is 489 g/mol. The zero-order chi connectivity index (χ0) is 24.7. The molecular formula is C27H20ClNO6. The van der Waals surface area contributed by atoms with Crippen LogP contribution in [0, 0.1) is 0 Å². The third-order valence-corrected chi connectivity index (χ3v) is 6.13. The SMILES string of the molecule is COc1ccccc1C1C(C(=O)c2cc3cc(Cl)cc(OC)c3o2)=C(O)C(=O)N1c1ccccc1. The van der Waals surface area contributed by atoms with Crippen molar-refractivity contribution < 1.29 is 28.6 Å². The average molecular weight is 490 g/mol. The number of methoxy groups -OCH3 is 2. The standard InChI is InChI=1S/C27H20ClNO6/c1-33-19-11-7-6-10-18(19)23-22(25(31)27(32)29(23)17-8-4-3-5-9-17)24(30)20-13-15-12-16(28)14-21(34-2)26(15)35-20/h3-14,23,31H,1-2H3.